The third-order valence-electron chi connectivity index (χ3n) is 2.13. The lowest BCUT2D eigenvalue weighted by molar-refractivity contribution is 0.154. The zero-order valence-electron chi connectivity index (χ0n) is 9.40. The molecule has 1 rings (SSSR count). The molecule has 0 aliphatic rings. The molecule has 0 N–H and O–H groups in total. The van der Waals surface area contributed by atoms with E-state index >= 15 is 0 Å². The van der Waals surface area contributed by atoms with Crippen molar-refractivity contribution in [1.29, 1.82) is 5.26 Å². The molecule has 0 unspecified atom stereocenters. The molecular weight excluding hydrogens is 226 g/mol. The first-order valence-electron chi connectivity index (χ1n) is 5.04. The molecule has 5 heteroatoms. The Balaban J connectivity index is 2.76. The fraction of sp³-hybridized carbons (Fsp3) is 0.455. The highest BCUT2D eigenvalue weighted by Gasteiger charge is 2.10. The highest BCUT2D eigenvalue weighted by molar-refractivity contribution is 6.34. The Morgan fingerprint density at radius 2 is 2.38 bits per heavy atom. The number of nitriles is 1. The molecule has 16 heavy (non-hydrogen) atoms. The highest BCUT2D eigenvalue weighted by Crippen LogP contribution is 2.25. The van der Waals surface area contributed by atoms with Gasteiger partial charge in [0.1, 0.15) is 16.9 Å². The molecule has 1 aromatic heterocycles. The number of likely N-dealkylation sites (N-methyl/N-ethyl adjacent to an activating group) is 1. The zero-order valence-corrected chi connectivity index (χ0v) is 10.2. The van der Waals surface area contributed by atoms with E-state index in [0.717, 1.165) is 0 Å². The number of halogens is 1. The number of pyridine rings is 1. The van der Waals surface area contributed by atoms with E-state index in [4.69, 9.17) is 21.6 Å². The Morgan fingerprint density at radius 1 is 1.62 bits per heavy atom. The number of aromatic nitrogens is 1. The van der Waals surface area contributed by atoms with Crippen molar-refractivity contribution >= 4 is 17.4 Å². The van der Waals surface area contributed by atoms with Crippen LogP contribution in [0.1, 0.15) is 12.5 Å². The topological polar surface area (TPSA) is 49.1 Å². The van der Waals surface area contributed by atoms with Crippen molar-refractivity contribution in [2.24, 2.45) is 0 Å². The van der Waals surface area contributed by atoms with Crippen LogP contribution in [-0.2, 0) is 4.74 Å². The lowest BCUT2D eigenvalue weighted by atomic mass is 10.3. The van der Waals surface area contributed by atoms with E-state index in [1.807, 2.05) is 24.9 Å². The number of nitrogens with zero attached hydrogens (tertiary/aromatic N) is 3. The zero-order chi connectivity index (χ0) is 12.0. The van der Waals surface area contributed by atoms with E-state index in [0.29, 0.717) is 36.2 Å². The summed E-state index contributed by atoms with van der Waals surface area (Å²) in [7, 11) is 1.87. The van der Waals surface area contributed by atoms with Crippen molar-refractivity contribution < 1.29 is 4.74 Å². The lowest BCUT2D eigenvalue weighted by Crippen LogP contribution is -2.24. The number of hydrogen-bond acceptors (Lipinski definition) is 4. The van der Waals surface area contributed by atoms with Crippen molar-refractivity contribution in [3.63, 3.8) is 0 Å². The minimum absolute atomic E-state index is 0.393. The van der Waals surface area contributed by atoms with Gasteiger partial charge < -0.3 is 9.64 Å². The fourth-order valence-corrected chi connectivity index (χ4v) is 1.54. The first kappa shape index (κ1) is 12.8. The molecule has 0 spiro atoms. The predicted octanol–water partition coefficient (Wildman–Crippen LogP) is 2.08. The summed E-state index contributed by atoms with van der Waals surface area (Å²) < 4.78 is 5.24. The van der Waals surface area contributed by atoms with Gasteiger partial charge in [0.15, 0.2) is 0 Å². The first-order valence-corrected chi connectivity index (χ1v) is 5.42. The third-order valence-corrected chi connectivity index (χ3v) is 2.50. The summed E-state index contributed by atoms with van der Waals surface area (Å²) in [5.41, 5.74) is 0.440. The Hall–Kier alpha value is -1.31. The van der Waals surface area contributed by atoms with E-state index in [1.54, 1.807) is 12.3 Å². The van der Waals surface area contributed by atoms with Gasteiger partial charge in [-0.15, -0.1) is 0 Å². The SMILES string of the molecule is CCOCCN(C)c1nccc(C#N)c1Cl. The van der Waals surface area contributed by atoms with E-state index < -0.39 is 0 Å². The monoisotopic (exact) mass is 239 g/mol. The maximum absolute atomic E-state index is 8.83. The van der Waals surface area contributed by atoms with Gasteiger partial charge in [-0.1, -0.05) is 11.6 Å². The number of anilines is 1. The van der Waals surface area contributed by atoms with Crippen LogP contribution in [0.25, 0.3) is 0 Å². The molecule has 86 valence electrons. The maximum Gasteiger partial charge on any atom is 0.148 e. The molecule has 0 saturated heterocycles. The van der Waals surface area contributed by atoms with Gasteiger partial charge in [0.2, 0.25) is 0 Å². The number of ether oxygens (including phenoxy) is 1. The molecule has 0 bridgehead atoms. The second-order valence-corrected chi connectivity index (χ2v) is 3.60. The standard InChI is InChI=1S/C11H14ClN3O/c1-3-16-7-6-15(2)11-10(12)9(8-13)4-5-14-11/h4-5H,3,6-7H2,1-2H3. The van der Waals surface area contributed by atoms with Crippen LogP contribution in [0.15, 0.2) is 12.3 Å². The highest BCUT2D eigenvalue weighted by atomic mass is 35.5. The van der Waals surface area contributed by atoms with Crippen LogP contribution in [0.4, 0.5) is 5.82 Å². The van der Waals surface area contributed by atoms with Crippen LogP contribution < -0.4 is 4.90 Å². The van der Waals surface area contributed by atoms with Crippen molar-refractivity contribution in [1.82, 2.24) is 4.98 Å². The van der Waals surface area contributed by atoms with Crippen molar-refractivity contribution in [3.8, 4) is 6.07 Å². The molecule has 0 aromatic carbocycles. The Labute approximate surface area is 100 Å². The van der Waals surface area contributed by atoms with Gasteiger partial charge in [0, 0.05) is 26.4 Å². The molecular formula is C11H14ClN3O. The number of hydrogen-bond donors (Lipinski definition) is 0. The largest absolute Gasteiger partial charge is 0.380 e. The summed E-state index contributed by atoms with van der Waals surface area (Å²) in [6.45, 7) is 3.94. The van der Waals surface area contributed by atoms with Crippen LogP contribution in [-0.4, -0.2) is 31.8 Å². The summed E-state index contributed by atoms with van der Waals surface area (Å²) >= 11 is 6.05. The van der Waals surface area contributed by atoms with Crippen molar-refractivity contribution in [2.45, 2.75) is 6.92 Å². The van der Waals surface area contributed by atoms with Gasteiger partial charge >= 0.3 is 0 Å². The minimum Gasteiger partial charge on any atom is -0.380 e. The maximum atomic E-state index is 8.83. The quantitative estimate of drug-likeness (QED) is 0.739. The van der Waals surface area contributed by atoms with Crippen molar-refractivity contribution in [3.05, 3.63) is 22.8 Å². The summed E-state index contributed by atoms with van der Waals surface area (Å²) in [6.07, 6.45) is 1.58. The van der Waals surface area contributed by atoms with E-state index in [-0.39, 0.29) is 0 Å². The molecule has 4 nitrogen and oxygen atoms in total. The summed E-state index contributed by atoms with van der Waals surface area (Å²) in [6, 6.07) is 3.63. The van der Waals surface area contributed by atoms with Crippen LogP contribution in [0.2, 0.25) is 5.02 Å². The van der Waals surface area contributed by atoms with Gasteiger partial charge in [-0.3, -0.25) is 0 Å². The normalized spacial score (nSPS) is 9.88. The van der Waals surface area contributed by atoms with Gasteiger partial charge in [-0.05, 0) is 13.0 Å². The van der Waals surface area contributed by atoms with Gasteiger partial charge in [0.05, 0.1) is 12.2 Å². The Bertz CT molecular complexity index is 389. The summed E-state index contributed by atoms with van der Waals surface area (Å²) in [5, 5.41) is 9.23. The molecule has 1 aromatic rings. The average molecular weight is 240 g/mol. The second-order valence-electron chi connectivity index (χ2n) is 3.23. The Kier molecular flexibility index (Phi) is 5.03. The molecule has 0 radical (unpaired) electrons. The molecule has 0 aliphatic carbocycles. The predicted molar refractivity (Wildman–Crippen MR) is 63.7 cm³/mol. The molecule has 0 amide bonds. The van der Waals surface area contributed by atoms with Gasteiger partial charge in [0.25, 0.3) is 0 Å². The molecule has 0 fully saturated rings. The second kappa shape index (κ2) is 6.31. The summed E-state index contributed by atoms with van der Waals surface area (Å²) in [4.78, 5) is 6.03. The number of rotatable bonds is 5. The van der Waals surface area contributed by atoms with E-state index in [2.05, 4.69) is 4.98 Å². The van der Waals surface area contributed by atoms with E-state index in [9.17, 15) is 0 Å². The first-order chi connectivity index (χ1) is 7.70. The summed E-state index contributed by atoms with van der Waals surface area (Å²) in [5.74, 6) is 0.611. The molecule has 1 heterocycles. The minimum atomic E-state index is 0.393. The van der Waals surface area contributed by atoms with Crippen LogP contribution in [0, 0.1) is 11.3 Å². The van der Waals surface area contributed by atoms with Crippen LogP contribution in [0.3, 0.4) is 0 Å². The van der Waals surface area contributed by atoms with Crippen molar-refractivity contribution in [2.75, 3.05) is 31.7 Å². The van der Waals surface area contributed by atoms with Gasteiger partial charge in [-0.25, -0.2) is 4.98 Å². The van der Waals surface area contributed by atoms with Crippen LogP contribution in [0.5, 0.6) is 0 Å². The molecule has 0 atom stereocenters. The molecule has 0 saturated carbocycles. The van der Waals surface area contributed by atoms with Crippen LogP contribution >= 0.6 is 11.6 Å². The van der Waals surface area contributed by atoms with Gasteiger partial charge in [-0.2, -0.15) is 5.26 Å². The lowest BCUT2D eigenvalue weighted by Gasteiger charge is -2.19. The smallest absolute Gasteiger partial charge is 0.148 e. The Morgan fingerprint density at radius 3 is 3.00 bits per heavy atom. The average Bonchev–Trinajstić information content (AvgIpc) is 2.29. The van der Waals surface area contributed by atoms with E-state index in [1.165, 1.54) is 0 Å². The molecule has 0 aliphatic heterocycles. The third kappa shape index (κ3) is 3.09. The fourth-order valence-electron chi connectivity index (χ4n) is 1.24.